The fraction of sp³-hybridized carbons (Fsp3) is 0.158. The van der Waals surface area contributed by atoms with Crippen molar-refractivity contribution in [1.82, 2.24) is 5.43 Å². The number of rotatable bonds is 3. The summed E-state index contributed by atoms with van der Waals surface area (Å²) >= 11 is 5.91. The number of hydrogen-bond acceptors (Lipinski definition) is 6. The van der Waals surface area contributed by atoms with Crippen LogP contribution in [0.25, 0.3) is 0 Å². The Hall–Kier alpha value is -3.19. The lowest BCUT2D eigenvalue weighted by Crippen LogP contribution is -2.48. The van der Waals surface area contributed by atoms with Gasteiger partial charge in [-0.15, -0.1) is 0 Å². The third-order valence-electron chi connectivity index (χ3n) is 4.78. The first-order chi connectivity index (χ1) is 13.0. The number of hydrazone groups is 1. The van der Waals surface area contributed by atoms with Crippen molar-refractivity contribution in [3.8, 4) is 0 Å². The second kappa shape index (κ2) is 6.21. The molecule has 2 aromatic carbocycles. The first kappa shape index (κ1) is 17.2. The molecule has 0 aliphatic carbocycles. The van der Waals surface area contributed by atoms with E-state index in [1.165, 1.54) is 7.11 Å². The maximum absolute atomic E-state index is 13.4. The van der Waals surface area contributed by atoms with Crippen LogP contribution in [-0.2, 0) is 24.7 Å². The molecule has 1 fully saturated rings. The number of amides is 2. The Kier molecular flexibility index (Phi) is 3.96. The van der Waals surface area contributed by atoms with E-state index in [4.69, 9.17) is 16.3 Å². The summed E-state index contributed by atoms with van der Waals surface area (Å²) in [5.41, 5.74) is 2.03. The summed E-state index contributed by atoms with van der Waals surface area (Å²) in [6.07, 6.45) is 0. The van der Waals surface area contributed by atoms with Crippen LogP contribution in [0.1, 0.15) is 5.56 Å². The van der Waals surface area contributed by atoms with Crippen molar-refractivity contribution >= 4 is 40.8 Å². The lowest BCUT2D eigenvalue weighted by molar-refractivity contribution is -0.133. The van der Waals surface area contributed by atoms with E-state index in [9.17, 15) is 14.4 Å². The average molecular weight is 384 g/mol. The Morgan fingerprint density at radius 3 is 2.44 bits per heavy atom. The molecule has 27 heavy (non-hydrogen) atoms. The van der Waals surface area contributed by atoms with Crippen molar-refractivity contribution in [1.29, 1.82) is 0 Å². The monoisotopic (exact) mass is 383 g/mol. The van der Waals surface area contributed by atoms with Gasteiger partial charge in [0.15, 0.2) is 11.3 Å². The van der Waals surface area contributed by atoms with Gasteiger partial charge in [0, 0.05) is 5.02 Å². The van der Waals surface area contributed by atoms with Crippen LogP contribution in [0.3, 0.4) is 0 Å². The standard InChI is InChI=1S/C19H14ClN3O4/c1-27-17(25)15-14-16(24)23(13-9-7-12(20)8-10-13)18(26)19(14,22-21-15)11-5-3-2-4-6-11/h2-10,14,22H,1H3/t14-,19-/m1/s1. The van der Waals surface area contributed by atoms with Gasteiger partial charge in [-0.25, -0.2) is 9.69 Å². The van der Waals surface area contributed by atoms with Gasteiger partial charge in [0.1, 0.15) is 5.92 Å². The summed E-state index contributed by atoms with van der Waals surface area (Å²) < 4.78 is 4.75. The van der Waals surface area contributed by atoms with E-state index in [-0.39, 0.29) is 5.71 Å². The van der Waals surface area contributed by atoms with Gasteiger partial charge in [-0.2, -0.15) is 5.10 Å². The third kappa shape index (κ3) is 2.35. The van der Waals surface area contributed by atoms with E-state index < -0.39 is 29.2 Å². The zero-order chi connectivity index (χ0) is 19.2. The summed E-state index contributed by atoms with van der Waals surface area (Å²) in [7, 11) is 1.20. The summed E-state index contributed by atoms with van der Waals surface area (Å²) in [4.78, 5) is 39.9. The molecule has 7 nitrogen and oxygen atoms in total. The highest BCUT2D eigenvalue weighted by molar-refractivity contribution is 6.47. The van der Waals surface area contributed by atoms with Crippen molar-refractivity contribution in [2.24, 2.45) is 11.0 Å². The summed E-state index contributed by atoms with van der Waals surface area (Å²) in [6, 6.07) is 15.1. The van der Waals surface area contributed by atoms with E-state index >= 15 is 0 Å². The number of halogens is 1. The summed E-state index contributed by atoms with van der Waals surface area (Å²) in [5.74, 6) is -2.96. The van der Waals surface area contributed by atoms with Crippen molar-refractivity contribution in [2.45, 2.75) is 5.54 Å². The number of benzene rings is 2. The number of nitrogens with zero attached hydrogens (tertiary/aromatic N) is 2. The Bertz CT molecular complexity index is 974. The molecule has 0 bridgehead atoms. The normalized spacial score (nSPS) is 23.7. The lowest BCUT2D eigenvalue weighted by Gasteiger charge is -2.26. The van der Waals surface area contributed by atoms with Gasteiger partial charge < -0.3 is 4.74 Å². The fourth-order valence-electron chi connectivity index (χ4n) is 3.52. The van der Waals surface area contributed by atoms with Crippen molar-refractivity contribution in [3.05, 3.63) is 65.2 Å². The third-order valence-corrected chi connectivity index (χ3v) is 5.03. The maximum Gasteiger partial charge on any atom is 0.355 e. The smallest absolute Gasteiger partial charge is 0.355 e. The van der Waals surface area contributed by atoms with E-state index in [0.29, 0.717) is 16.3 Å². The minimum Gasteiger partial charge on any atom is -0.464 e. The van der Waals surface area contributed by atoms with Crippen molar-refractivity contribution in [3.63, 3.8) is 0 Å². The molecule has 2 heterocycles. The molecule has 1 saturated heterocycles. The van der Waals surface area contributed by atoms with Gasteiger partial charge in [0.05, 0.1) is 12.8 Å². The van der Waals surface area contributed by atoms with Gasteiger partial charge in [-0.1, -0.05) is 41.9 Å². The van der Waals surface area contributed by atoms with E-state index in [1.807, 2.05) is 0 Å². The first-order valence-electron chi connectivity index (χ1n) is 8.13. The van der Waals surface area contributed by atoms with Crippen molar-refractivity contribution < 1.29 is 19.1 Å². The molecule has 0 unspecified atom stereocenters. The number of carbonyl (C=O) groups excluding carboxylic acids is 3. The molecule has 0 saturated carbocycles. The van der Waals surface area contributed by atoms with Crippen LogP contribution in [-0.4, -0.2) is 30.6 Å². The highest BCUT2D eigenvalue weighted by Gasteiger charge is 2.67. The molecule has 2 aliphatic rings. The second-order valence-electron chi connectivity index (χ2n) is 6.16. The molecule has 2 aromatic rings. The number of ether oxygens (including phenoxy) is 1. The highest BCUT2D eigenvalue weighted by atomic mass is 35.5. The summed E-state index contributed by atoms with van der Waals surface area (Å²) in [6.45, 7) is 0. The zero-order valence-corrected chi connectivity index (χ0v) is 14.9. The Morgan fingerprint density at radius 1 is 1.15 bits per heavy atom. The predicted octanol–water partition coefficient (Wildman–Crippen LogP) is 1.86. The van der Waals surface area contributed by atoms with Gasteiger partial charge in [0.25, 0.3) is 5.91 Å². The maximum atomic E-state index is 13.4. The number of nitrogens with one attached hydrogen (secondary N) is 1. The fourth-order valence-corrected chi connectivity index (χ4v) is 3.65. The average Bonchev–Trinajstić information content (AvgIpc) is 3.19. The Morgan fingerprint density at radius 2 is 1.81 bits per heavy atom. The molecule has 1 N–H and O–H groups in total. The first-order valence-corrected chi connectivity index (χ1v) is 8.51. The number of methoxy groups -OCH3 is 1. The molecule has 136 valence electrons. The Labute approximate surface area is 159 Å². The molecular formula is C19H14ClN3O4. The minimum absolute atomic E-state index is 0.129. The number of hydrogen-bond donors (Lipinski definition) is 1. The number of anilines is 1. The number of fused-ring (bicyclic) bond motifs is 1. The quantitative estimate of drug-likeness (QED) is 0.645. The predicted molar refractivity (Wildman–Crippen MR) is 98.1 cm³/mol. The van der Waals surface area contributed by atoms with Gasteiger partial charge in [-0.3, -0.25) is 15.0 Å². The van der Waals surface area contributed by atoms with E-state index in [2.05, 4.69) is 10.5 Å². The molecule has 8 heteroatoms. The van der Waals surface area contributed by atoms with Crippen LogP contribution >= 0.6 is 11.6 Å². The van der Waals surface area contributed by atoms with Gasteiger partial charge >= 0.3 is 5.97 Å². The van der Waals surface area contributed by atoms with Crippen LogP contribution in [0.15, 0.2) is 59.7 Å². The van der Waals surface area contributed by atoms with Crippen molar-refractivity contribution in [2.75, 3.05) is 12.0 Å². The molecular weight excluding hydrogens is 370 g/mol. The summed E-state index contributed by atoms with van der Waals surface area (Å²) in [5, 5.41) is 4.46. The van der Waals surface area contributed by atoms with Crippen LogP contribution in [0.2, 0.25) is 5.02 Å². The number of carbonyl (C=O) groups is 3. The van der Waals surface area contributed by atoms with Crippen LogP contribution in [0, 0.1) is 5.92 Å². The second-order valence-corrected chi connectivity index (χ2v) is 6.60. The van der Waals surface area contributed by atoms with E-state index in [0.717, 1.165) is 4.90 Å². The topological polar surface area (TPSA) is 88.1 Å². The largest absolute Gasteiger partial charge is 0.464 e. The highest BCUT2D eigenvalue weighted by Crippen LogP contribution is 2.45. The number of esters is 1. The van der Waals surface area contributed by atoms with Gasteiger partial charge in [0.2, 0.25) is 5.91 Å². The van der Waals surface area contributed by atoms with Crippen LogP contribution < -0.4 is 10.3 Å². The molecule has 0 radical (unpaired) electrons. The van der Waals surface area contributed by atoms with E-state index in [1.54, 1.807) is 54.6 Å². The molecule has 4 rings (SSSR count). The molecule has 2 aliphatic heterocycles. The molecule has 0 spiro atoms. The molecule has 0 aromatic heterocycles. The lowest BCUT2D eigenvalue weighted by atomic mass is 9.79. The van der Waals surface area contributed by atoms with Gasteiger partial charge in [-0.05, 0) is 29.8 Å². The molecule has 2 atom stereocenters. The van der Waals surface area contributed by atoms with Crippen LogP contribution in [0.5, 0.6) is 0 Å². The number of imide groups is 1. The Balaban J connectivity index is 1.88. The minimum atomic E-state index is -1.50. The van der Waals surface area contributed by atoms with Crippen LogP contribution in [0.4, 0.5) is 5.69 Å². The zero-order valence-electron chi connectivity index (χ0n) is 14.2. The SMILES string of the molecule is COC(=O)C1=NN[C@@]2(c3ccccc3)C(=O)N(c3ccc(Cl)cc3)C(=O)[C@@H]12. The molecule has 2 amide bonds.